The molecule has 154 valence electrons. The van der Waals surface area contributed by atoms with Crippen molar-refractivity contribution < 1.29 is 26.8 Å². The molecule has 4 aromatic rings. The number of hydrogen-bond acceptors (Lipinski definition) is 7. The summed E-state index contributed by atoms with van der Waals surface area (Å²) >= 11 is 0. The zero-order valence-corrected chi connectivity index (χ0v) is 16.8. The Kier molecular flexibility index (Phi) is 5.39. The number of carbonyl (C=O) groups is 1. The molecule has 2 heterocycles. The Morgan fingerprint density at radius 3 is 2.73 bits per heavy atom. The van der Waals surface area contributed by atoms with Crippen LogP contribution in [-0.4, -0.2) is 19.4 Å². The van der Waals surface area contributed by atoms with Gasteiger partial charge in [0.1, 0.15) is 11.3 Å². The summed E-state index contributed by atoms with van der Waals surface area (Å²) < 4.78 is 43.5. The van der Waals surface area contributed by atoms with Gasteiger partial charge in [-0.25, -0.2) is 22.9 Å². The molecule has 0 aliphatic heterocycles. The number of furan rings is 1. The van der Waals surface area contributed by atoms with Gasteiger partial charge in [-0.1, -0.05) is 18.2 Å². The van der Waals surface area contributed by atoms with Gasteiger partial charge in [-0.05, 0) is 48.9 Å². The van der Waals surface area contributed by atoms with Gasteiger partial charge in [0.15, 0.2) is 12.2 Å². The fraction of sp³-hybridized carbons (Fsp3) is 0.143. The van der Waals surface area contributed by atoms with E-state index in [0.717, 1.165) is 0 Å². The maximum absolute atomic E-state index is 12.6. The maximum atomic E-state index is 12.6. The lowest BCUT2D eigenvalue weighted by Crippen LogP contribution is -2.23. The number of rotatable bonds is 7. The lowest BCUT2D eigenvalue weighted by Gasteiger charge is -2.10. The van der Waals surface area contributed by atoms with Crippen LogP contribution in [0.25, 0.3) is 11.1 Å². The molecule has 0 aliphatic rings. The maximum Gasteiger partial charge on any atom is 0.338 e. The number of aryl methyl sites for hydroxylation is 1. The lowest BCUT2D eigenvalue weighted by atomic mass is 10.1. The van der Waals surface area contributed by atoms with E-state index in [-0.39, 0.29) is 29.5 Å². The van der Waals surface area contributed by atoms with Crippen LogP contribution in [0.3, 0.4) is 0 Å². The minimum absolute atomic E-state index is 0.000706. The first-order valence-corrected chi connectivity index (χ1v) is 10.5. The van der Waals surface area contributed by atoms with Gasteiger partial charge in [0, 0.05) is 0 Å². The predicted molar refractivity (Wildman–Crippen MR) is 107 cm³/mol. The van der Waals surface area contributed by atoms with Crippen molar-refractivity contribution in [3.63, 3.8) is 0 Å². The van der Waals surface area contributed by atoms with E-state index in [1.54, 1.807) is 37.3 Å². The number of fused-ring (bicyclic) bond motifs is 1. The quantitative estimate of drug-likeness (QED) is 0.450. The first kappa shape index (κ1) is 19.9. The van der Waals surface area contributed by atoms with Gasteiger partial charge in [-0.15, -0.1) is 0 Å². The van der Waals surface area contributed by atoms with Gasteiger partial charge in [0.25, 0.3) is 0 Å². The fourth-order valence-corrected chi connectivity index (χ4v) is 3.86. The highest BCUT2D eigenvalue weighted by atomic mass is 32.2. The van der Waals surface area contributed by atoms with Crippen LogP contribution in [0.4, 0.5) is 0 Å². The molecular formula is C21H18N2O6S. The molecule has 0 saturated heterocycles. The summed E-state index contributed by atoms with van der Waals surface area (Å²) in [6, 6.07) is 14.8. The van der Waals surface area contributed by atoms with E-state index >= 15 is 0 Å². The van der Waals surface area contributed by atoms with Gasteiger partial charge >= 0.3 is 5.97 Å². The predicted octanol–water partition coefficient (Wildman–Crippen LogP) is 3.56. The largest absolute Gasteiger partial charge is 0.468 e. The number of benzene rings is 2. The van der Waals surface area contributed by atoms with Crippen LogP contribution in [-0.2, 0) is 27.9 Å². The molecule has 0 fully saturated rings. The smallest absolute Gasteiger partial charge is 0.338 e. The van der Waals surface area contributed by atoms with Crippen LogP contribution < -0.4 is 4.72 Å². The van der Waals surface area contributed by atoms with Crippen LogP contribution >= 0.6 is 0 Å². The third-order valence-electron chi connectivity index (χ3n) is 4.42. The van der Waals surface area contributed by atoms with Crippen molar-refractivity contribution in [3.05, 3.63) is 83.6 Å². The number of aromatic nitrogens is 1. The van der Waals surface area contributed by atoms with Gasteiger partial charge < -0.3 is 13.6 Å². The second-order valence-electron chi connectivity index (χ2n) is 6.53. The van der Waals surface area contributed by atoms with Crippen molar-refractivity contribution in [2.75, 3.05) is 0 Å². The van der Waals surface area contributed by atoms with Crippen LogP contribution in [0.15, 0.2) is 74.6 Å². The van der Waals surface area contributed by atoms with Crippen molar-refractivity contribution >= 4 is 27.1 Å². The summed E-state index contributed by atoms with van der Waals surface area (Å²) in [7, 11) is -3.84. The van der Waals surface area contributed by atoms with E-state index < -0.39 is 16.0 Å². The normalized spacial score (nSPS) is 11.6. The first-order chi connectivity index (χ1) is 14.4. The average molecular weight is 426 g/mol. The van der Waals surface area contributed by atoms with E-state index in [1.165, 1.54) is 18.4 Å². The van der Waals surface area contributed by atoms with Crippen LogP contribution in [0.5, 0.6) is 0 Å². The zero-order valence-electron chi connectivity index (χ0n) is 16.0. The molecule has 8 nitrogen and oxygen atoms in total. The van der Waals surface area contributed by atoms with Crippen molar-refractivity contribution in [2.24, 2.45) is 0 Å². The third kappa shape index (κ3) is 4.27. The van der Waals surface area contributed by atoms with Crippen LogP contribution in [0, 0.1) is 6.92 Å². The molecule has 30 heavy (non-hydrogen) atoms. The second-order valence-corrected chi connectivity index (χ2v) is 8.30. The van der Waals surface area contributed by atoms with Crippen molar-refractivity contribution in [3.8, 4) is 0 Å². The minimum Gasteiger partial charge on any atom is -0.468 e. The minimum atomic E-state index is -3.84. The Balaban J connectivity index is 1.48. The summed E-state index contributed by atoms with van der Waals surface area (Å²) in [6.45, 7) is 1.53. The van der Waals surface area contributed by atoms with E-state index in [9.17, 15) is 13.2 Å². The number of sulfonamides is 1. The zero-order chi connectivity index (χ0) is 21.1. The molecule has 1 N–H and O–H groups in total. The van der Waals surface area contributed by atoms with Crippen LogP contribution in [0.2, 0.25) is 0 Å². The fourth-order valence-electron chi connectivity index (χ4n) is 2.84. The standard InChI is InChI=1S/C21H18N2O6S/c1-14-8-9-16(30(25,26)22-12-15-5-4-10-27-15)11-17(14)21(24)28-13-20-23-18-6-2-3-7-19(18)29-20/h2-11,22H,12-13H2,1H3. The highest BCUT2D eigenvalue weighted by molar-refractivity contribution is 7.89. The van der Waals surface area contributed by atoms with Gasteiger partial charge in [0.05, 0.1) is 23.3 Å². The summed E-state index contributed by atoms with van der Waals surface area (Å²) in [4.78, 5) is 16.8. The molecule has 0 amide bonds. The van der Waals surface area contributed by atoms with Crippen molar-refractivity contribution in [1.82, 2.24) is 9.71 Å². The molecule has 0 bridgehead atoms. The number of esters is 1. The Bertz CT molecular complexity index is 1260. The van der Waals surface area contributed by atoms with E-state index in [0.29, 0.717) is 22.4 Å². The molecule has 0 saturated carbocycles. The van der Waals surface area contributed by atoms with Gasteiger partial charge in [-0.2, -0.15) is 0 Å². The SMILES string of the molecule is Cc1ccc(S(=O)(=O)NCc2ccco2)cc1C(=O)OCc1nc2ccccc2o1. The molecule has 2 aromatic heterocycles. The van der Waals surface area contributed by atoms with Gasteiger partial charge in [-0.3, -0.25) is 0 Å². The van der Waals surface area contributed by atoms with Gasteiger partial charge in [0.2, 0.25) is 15.9 Å². The molecule has 0 radical (unpaired) electrons. The number of nitrogens with zero attached hydrogens (tertiary/aromatic N) is 1. The Labute approximate surface area is 172 Å². The number of oxazole rings is 1. The molecular weight excluding hydrogens is 408 g/mol. The molecule has 0 spiro atoms. The number of para-hydroxylation sites is 2. The molecule has 9 heteroatoms. The Hall–Kier alpha value is -3.43. The number of hydrogen-bond donors (Lipinski definition) is 1. The average Bonchev–Trinajstić information content (AvgIpc) is 3.40. The lowest BCUT2D eigenvalue weighted by molar-refractivity contribution is 0.0439. The third-order valence-corrected chi connectivity index (χ3v) is 5.82. The molecule has 0 unspecified atom stereocenters. The topological polar surface area (TPSA) is 112 Å². The second kappa shape index (κ2) is 8.13. The van der Waals surface area contributed by atoms with Crippen LogP contribution in [0.1, 0.15) is 27.6 Å². The first-order valence-electron chi connectivity index (χ1n) is 9.07. The highest BCUT2D eigenvalue weighted by Gasteiger charge is 2.20. The summed E-state index contributed by atoms with van der Waals surface area (Å²) in [6.07, 6.45) is 1.46. The Morgan fingerprint density at radius 2 is 1.97 bits per heavy atom. The molecule has 2 aromatic carbocycles. The summed E-state index contributed by atoms with van der Waals surface area (Å²) in [5.41, 5.74) is 1.99. The van der Waals surface area contributed by atoms with E-state index in [1.807, 2.05) is 12.1 Å². The monoisotopic (exact) mass is 426 g/mol. The number of carbonyl (C=O) groups excluding carboxylic acids is 1. The van der Waals surface area contributed by atoms with Crippen molar-refractivity contribution in [1.29, 1.82) is 0 Å². The number of nitrogens with one attached hydrogen (secondary N) is 1. The van der Waals surface area contributed by atoms with E-state index in [4.69, 9.17) is 13.6 Å². The Morgan fingerprint density at radius 1 is 1.13 bits per heavy atom. The highest BCUT2D eigenvalue weighted by Crippen LogP contribution is 2.19. The molecule has 0 atom stereocenters. The molecule has 4 rings (SSSR count). The summed E-state index contributed by atoms with van der Waals surface area (Å²) in [5.74, 6) is 0.0626. The van der Waals surface area contributed by atoms with E-state index in [2.05, 4.69) is 9.71 Å². The molecule has 0 aliphatic carbocycles. The number of ether oxygens (including phenoxy) is 1. The van der Waals surface area contributed by atoms with Crippen molar-refractivity contribution in [2.45, 2.75) is 25.0 Å². The summed E-state index contributed by atoms with van der Waals surface area (Å²) in [5, 5.41) is 0.